The number of fused-ring (bicyclic) bond motifs is 1. The Morgan fingerprint density at radius 3 is 2.33 bits per heavy atom. The number of hydrogen-bond donors (Lipinski definition) is 2. The lowest BCUT2D eigenvalue weighted by molar-refractivity contribution is -0.137. The SMILES string of the molecule is O=C(NC(Cc1ccccc1)c1nc2ccccc2[nH]1)c1ccccc1C(F)(F)F. The molecule has 0 radical (unpaired) electrons. The van der Waals surface area contributed by atoms with Crippen molar-refractivity contribution in [3.05, 3.63) is 101 Å². The van der Waals surface area contributed by atoms with Crippen LogP contribution in [0.25, 0.3) is 11.0 Å². The van der Waals surface area contributed by atoms with Crippen molar-refractivity contribution < 1.29 is 18.0 Å². The van der Waals surface area contributed by atoms with Gasteiger partial charge in [-0.05, 0) is 36.2 Å². The van der Waals surface area contributed by atoms with Gasteiger partial charge in [0.05, 0.1) is 28.2 Å². The number of carbonyl (C=O) groups excluding carboxylic acids is 1. The average molecular weight is 409 g/mol. The van der Waals surface area contributed by atoms with E-state index in [0.29, 0.717) is 12.2 Å². The van der Waals surface area contributed by atoms with Gasteiger partial charge in [0.15, 0.2) is 0 Å². The van der Waals surface area contributed by atoms with Crippen molar-refractivity contribution in [2.24, 2.45) is 0 Å². The fourth-order valence-electron chi connectivity index (χ4n) is 3.37. The highest BCUT2D eigenvalue weighted by molar-refractivity contribution is 5.96. The monoisotopic (exact) mass is 409 g/mol. The van der Waals surface area contributed by atoms with E-state index >= 15 is 0 Å². The van der Waals surface area contributed by atoms with E-state index in [-0.39, 0.29) is 0 Å². The minimum atomic E-state index is -4.62. The van der Waals surface area contributed by atoms with Crippen LogP contribution in [0, 0.1) is 0 Å². The summed E-state index contributed by atoms with van der Waals surface area (Å²) in [7, 11) is 0. The van der Waals surface area contributed by atoms with Crippen LogP contribution in [0.4, 0.5) is 13.2 Å². The number of carbonyl (C=O) groups is 1. The standard InChI is InChI=1S/C23H18F3N3O/c24-23(25,26)17-11-5-4-10-16(17)22(30)29-20(14-15-8-2-1-3-9-15)21-27-18-12-6-7-13-19(18)28-21/h1-13,20H,14H2,(H,27,28)(H,29,30). The summed E-state index contributed by atoms with van der Waals surface area (Å²) >= 11 is 0. The van der Waals surface area contributed by atoms with Crippen molar-refractivity contribution in [3.8, 4) is 0 Å². The van der Waals surface area contributed by atoms with Crippen molar-refractivity contribution in [1.82, 2.24) is 15.3 Å². The molecular weight excluding hydrogens is 391 g/mol. The summed E-state index contributed by atoms with van der Waals surface area (Å²) in [5.74, 6) is -0.317. The van der Waals surface area contributed by atoms with E-state index in [9.17, 15) is 18.0 Å². The Kier molecular flexibility index (Phi) is 5.27. The van der Waals surface area contributed by atoms with Crippen LogP contribution in [0.15, 0.2) is 78.9 Å². The van der Waals surface area contributed by atoms with Crippen LogP contribution in [0.3, 0.4) is 0 Å². The number of hydrogen-bond acceptors (Lipinski definition) is 2. The fourth-order valence-corrected chi connectivity index (χ4v) is 3.37. The van der Waals surface area contributed by atoms with Crippen LogP contribution in [0.1, 0.15) is 33.4 Å². The molecule has 1 atom stereocenters. The third-order valence-electron chi connectivity index (χ3n) is 4.80. The fraction of sp³-hybridized carbons (Fsp3) is 0.130. The van der Waals surface area contributed by atoms with E-state index in [0.717, 1.165) is 22.7 Å². The number of amides is 1. The van der Waals surface area contributed by atoms with E-state index < -0.39 is 29.3 Å². The molecule has 152 valence electrons. The molecule has 2 N–H and O–H groups in total. The summed E-state index contributed by atoms with van der Waals surface area (Å²) in [5, 5.41) is 2.74. The summed E-state index contributed by atoms with van der Waals surface area (Å²) < 4.78 is 40.1. The summed E-state index contributed by atoms with van der Waals surface area (Å²) in [5.41, 5.74) is 1.04. The second-order valence-corrected chi connectivity index (χ2v) is 6.90. The lowest BCUT2D eigenvalue weighted by Crippen LogP contribution is -2.32. The van der Waals surface area contributed by atoms with Gasteiger partial charge in [-0.3, -0.25) is 4.79 Å². The lowest BCUT2D eigenvalue weighted by Gasteiger charge is -2.19. The van der Waals surface area contributed by atoms with Crippen molar-refractivity contribution in [1.29, 1.82) is 0 Å². The molecule has 0 aliphatic rings. The van der Waals surface area contributed by atoms with Gasteiger partial charge in [0.25, 0.3) is 5.91 Å². The Morgan fingerprint density at radius 1 is 0.933 bits per heavy atom. The minimum absolute atomic E-state index is 0.376. The number of aromatic amines is 1. The molecule has 0 saturated carbocycles. The second-order valence-electron chi connectivity index (χ2n) is 6.90. The maximum Gasteiger partial charge on any atom is 0.417 e. The molecule has 0 spiro atoms. The summed E-state index contributed by atoms with van der Waals surface area (Å²) in [4.78, 5) is 20.6. The quantitative estimate of drug-likeness (QED) is 0.470. The topological polar surface area (TPSA) is 57.8 Å². The van der Waals surface area contributed by atoms with Gasteiger partial charge in [-0.2, -0.15) is 13.2 Å². The zero-order valence-corrected chi connectivity index (χ0v) is 15.8. The molecule has 1 aromatic heterocycles. The lowest BCUT2D eigenvalue weighted by atomic mass is 10.0. The molecule has 0 saturated heterocycles. The minimum Gasteiger partial charge on any atom is -0.342 e. The number of aromatic nitrogens is 2. The van der Waals surface area contributed by atoms with Crippen molar-refractivity contribution in [3.63, 3.8) is 0 Å². The van der Waals surface area contributed by atoms with Gasteiger partial charge in [0.2, 0.25) is 0 Å². The molecule has 1 unspecified atom stereocenters. The number of nitrogens with one attached hydrogen (secondary N) is 2. The molecule has 3 aromatic carbocycles. The summed E-state index contributed by atoms with van der Waals surface area (Å²) in [6.45, 7) is 0. The molecule has 7 heteroatoms. The average Bonchev–Trinajstić information content (AvgIpc) is 3.18. The third kappa shape index (κ3) is 4.20. The molecular formula is C23H18F3N3O. The molecule has 0 fully saturated rings. The molecule has 1 amide bonds. The summed E-state index contributed by atoms with van der Waals surface area (Å²) in [6.07, 6.45) is -4.25. The Morgan fingerprint density at radius 2 is 1.60 bits per heavy atom. The van der Waals surface area contributed by atoms with Crippen LogP contribution in [0.5, 0.6) is 0 Å². The van der Waals surface area contributed by atoms with Crippen LogP contribution in [0.2, 0.25) is 0 Å². The number of benzene rings is 3. The van der Waals surface area contributed by atoms with E-state index in [1.807, 2.05) is 54.6 Å². The Bertz CT molecular complexity index is 1140. The van der Waals surface area contributed by atoms with Crippen LogP contribution < -0.4 is 5.32 Å². The number of halogens is 3. The number of imidazole rings is 1. The van der Waals surface area contributed by atoms with Gasteiger partial charge in [-0.1, -0.05) is 54.6 Å². The highest BCUT2D eigenvalue weighted by Crippen LogP contribution is 2.32. The molecule has 4 aromatic rings. The van der Waals surface area contributed by atoms with Gasteiger partial charge >= 0.3 is 6.18 Å². The molecule has 0 aliphatic heterocycles. The first kappa shape index (κ1) is 19.7. The zero-order chi connectivity index (χ0) is 21.1. The van der Waals surface area contributed by atoms with Crippen LogP contribution in [-0.2, 0) is 12.6 Å². The van der Waals surface area contributed by atoms with Gasteiger partial charge in [0, 0.05) is 0 Å². The number of para-hydroxylation sites is 2. The predicted octanol–water partition coefficient (Wildman–Crippen LogP) is 5.30. The summed E-state index contributed by atoms with van der Waals surface area (Å²) in [6, 6.07) is 20.9. The zero-order valence-electron chi connectivity index (χ0n) is 15.8. The maximum absolute atomic E-state index is 13.4. The first-order valence-electron chi connectivity index (χ1n) is 9.37. The highest BCUT2D eigenvalue weighted by Gasteiger charge is 2.35. The van der Waals surface area contributed by atoms with E-state index in [1.54, 1.807) is 0 Å². The Labute approximate surface area is 170 Å². The van der Waals surface area contributed by atoms with E-state index in [4.69, 9.17) is 0 Å². The van der Waals surface area contributed by atoms with E-state index in [2.05, 4.69) is 15.3 Å². The van der Waals surface area contributed by atoms with Crippen molar-refractivity contribution in [2.45, 2.75) is 18.6 Å². The molecule has 4 rings (SSSR count). The molecule has 0 aliphatic carbocycles. The van der Waals surface area contributed by atoms with Crippen molar-refractivity contribution >= 4 is 16.9 Å². The predicted molar refractivity (Wildman–Crippen MR) is 108 cm³/mol. The molecule has 30 heavy (non-hydrogen) atoms. The van der Waals surface area contributed by atoms with Crippen LogP contribution >= 0.6 is 0 Å². The van der Waals surface area contributed by atoms with Gasteiger partial charge in [0.1, 0.15) is 5.82 Å². The first-order valence-corrected chi connectivity index (χ1v) is 9.37. The highest BCUT2D eigenvalue weighted by atomic mass is 19.4. The van der Waals surface area contributed by atoms with Gasteiger partial charge in [-0.15, -0.1) is 0 Å². The normalized spacial score (nSPS) is 12.6. The van der Waals surface area contributed by atoms with Crippen LogP contribution in [-0.4, -0.2) is 15.9 Å². The Hall–Kier alpha value is -3.61. The molecule has 4 nitrogen and oxygen atoms in total. The number of nitrogens with zero attached hydrogens (tertiary/aromatic N) is 1. The number of H-pyrrole nitrogens is 1. The number of rotatable bonds is 5. The van der Waals surface area contributed by atoms with Gasteiger partial charge < -0.3 is 10.3 Å². The van der Waals surface area contributed by atoms with Crippen molar-refractivity contribution in [2.75, 3.05) is 0 Å². The first-order chi connectivity index (χ1) is 14.4. The number of alkyl halides is 3. The van der Waals surface area contributed by atoms with E-state index in [1.165, 1.54) is 18.2 Å². The second kappa shape index (κ2) is 8.02. The molecule has 1 heterocycles. The molecule has 0 bridgehead atoms. The largest absolute Gasteiger partial charge is 0.417 e. The van der Waals surface area contributed by atoms with Gasteiger partial charge in [-0.25, -0.2) is 4.98 Å². The third-order valence-corrected chi connectivity index (χ3v) is 4.80. The maximum atomic E-state index is 13.4. The Balaban J connectivity index is 1.69. The smallest absolute Gasteiger partial charge is 0.342 e.